The van der Waals surface area contributed by atoms with Crippen LogP contribution in [-0.2, 0) is 6.54 Å². The molecule has 1 unspecified atom stereocenters. The fourth-order valence-electron chi connectivity index (χ4n) is 3.32. The molecule has 0 heterocycles. The fourth-order valence-corrected chi connectivity index (χ4v) is 3.32. The number of hydrogen-bond donors (Lipinski definition) is 1. The van der Waals surface area contributed by atoms with E-state index in [-0.39, 0.29) is 5.82 Å². The second-order valence-electron chi connectivity index (χ2n) is 5.86. The van der Waals surface area contributed by atoms with Crippen molar-refractivity contribution in [2.24, 2.45) is 11.3 Å². The van der Waals surface area contributed by atoms with Crippen LogP contribution in [0.5, 0.6) is 0 Å². The SMILES string of the molecule is CC(NCc1ccc(C#N)cc1F)C12CC(C1)C2. The molecule has 2 nitrogen and oxygen atoms in total. The van der Waals surface area contributed by atoms with E-state index in [9.17, 15) is 4.39 Å². The van der Waals surface area contributed by atoms with Crippen LogP contribution in [0.1, 0.15) is 37.3 Å². The highest BCUT2D eigenvalue weighted by Gasteiger charge is 2.58. The molecule has 0 aliphatic heterocycles. The predicted molar refractivity (Wildman–Crippen MR) is 67.2 cm³/mol. The highest BCUT2D eigenvalue weighted by molar-refractivity contribution is 5.32. The van der Waals surface area contributed by atoms with Crippen LogP contribution in [0, 0.1) is 28.5 Å². The first-order valence-corrected chi connectivity index (χ1v) is 6.55. The lowest BCUT2D eigenvalue weighted by Gasteiger charge is -2.65. The minimum atomic E-state index is -0.286. The van der Waals surface area contributed by atoms with Gasteiger partial charge in [0.1, 0.15) is 5.82 Å². The molecule has 2 bridgehead atoms. The lowest BCUT2D eigenvalue weighted by molar-refractivity contribution is -0.129. The van der Waals surface area contributed by atoms with Crippen molar-refractivity contribution in [1.82, 2.24) is 5.32 Å². The largest absolute Gasteiger partial charge is 0.310 e. The molecule has 0 saturated heterocycles. The first kappa shape index (κ1) is 11.7. The molecule has 3 heteroatoms. The maximum absolute atomic E-state index is 13.7. The molecule has 3 aliphatic rings. The highest BCUT2D eigenvalue weighted by Crippen LogP contribution is 2.66. The van der Waals surface area contributed by atoms with Gasteiger partial charge in [0, 0.05) is 18.2 Å². The first-order valence-electron chi connectivity index (χ1n) is 6.55. The Morgan fingerprint density at radius 2 is 2.22 bits per heavy atom. The maximum Gasteiger partial charge on any atom is 0.129 e. The van der Waals surface area contributed by atoms with Crippen molar-refractivity contribution in [2.45, 2.75) is 38.8 Å². The van der Waals surface area contributed by atoms with Gasteiger partial charge in [-0.25, -0.2) is 4.39 Å². The van der Waals surface area contributed by atoms with Gasteiger partial charge in [-0.3, -0.25) is 0 Å². The molecule has 1 aromatic rings. The third-order valence-electron chi connectivity index (χ3n) is 4.79. The zero-order valence-electron chi connectivity index (χ0n) is 10.5. The van der Waals surface area contributed by atoms with E-state index in [1.165, 1.54) is 25.3 Å². The Labute approximate surface area is 107 Å². The molecule has 0 spiro atoms. The maximum atomic E-state index is 13.7. The van der Waals surface area contributed by atoms with Crippen molar-refractivity contribution in [2.75, 3.05) is 0 Å². The molecule has 3 fully saturated rings. The second-order valence-corrected chi connectivity index (χ2v) is 5.86. The van der Waals surface area contributed by atoms with E-state index in [0.29, 0.717) is 29.1 Å². The summed E-state index contributed by atoms with van der Waals surface area (Å²) in [6.45, 7) is 2.75. The quantitative estimate of drug-likeness (QED) is 0.883. The molecule has 3 saturated carbocycles. The number of nitriles is 1. The van der Waals surface area contributed by atoms with Gasteiger partial charge in [-0.2, -0.15) is 5.26 Å². The van der Waals surface area contributed by atoms with Crippen LogP contribution in [0.15, 0.2) is 18.2 Å². The zero-order valence-corrected chi connectivity index (χ0v) is 10.5. The van der Waals surface area contributed by atoms with Gasteiger partial charge in [0.25, 0.3) is 0 Å². The van der Waals surface area contributed by atoms with Gasteiger partial charge >= 0.3 is 0 Å². The van der Waals surface area contributed by atoms with Crippen LogP contribution in [-0.4, -0.2) is 6.04 Å². The normalized spacial score (nSPS) is 29.9. The Kier molecular flexibility index (Phi) is 2.64. The minimum absolute atomic E-state index is 0.286. The smallest absolute Gasteiger partial charge is 0.129 e. The fraction of sp³-hybridized carbons (Fsp3) is 0.533. The van der Waals surface area contributed by atoms with Crippen LogP contribution in [0.3, 0.4) is 0 Å². The first-order chi connectivity index (χ1) is 8.63. The Morgan fingerprint density at radius 1 is 1.50 bits per heavy atom. The van der Waals surface area contributed by atoms with Crippen LogP contribution >= 0.6 is 0 Å². The van der Waals surface area contributed by atoms with E-state index in [1.807, 2.05) is 6.07 Å². The summed E-state index contributed by atoms with van der Waals surface area (Å²) in [5, 5.41) is 12.1. The molecule has 1 atom stereocenters. The van der Waals surface area contributed by atoms with E-state index in [1.54, 1.807) is 12.1 Å². The molecule has 4 rings (SSSR count). The summed E-state index contributed by atoms with van der Waals surface area (Å²) in [6.07, 6.45) is 4.03. The van der Waals surface area contributed by atoms with Gasteiger partial charge in [-0.1, -0.05) is 6.07 Å². The summed E-state index contributed by atoms with van der Waals surface area (Å²) in [5.74, 6) is 0.687. The molecular weight excluding hydrogens is 227 g/mol. The van der Waals surface area contributed by atoms with E-state index in [2.05, 4.69) is 12.2 Å². The lowest BCUT2D eigenvalue weighted by Crippen LogP contribution is -2.61. The van der Waals surface area contributed by atoms with Crippen LogP contribution < -0.4 is 5.32 Å². The average molecular weight is 244 g/mol. The van der Waals surface area contributed by atoms with E-state index < -0.39 is 0 Å². The van der Waals surface area contributed by atoms with Gasteiger partial charge in [-0.15, -0.1) is 0 Å². The third kappa shape index (κ3) is 1.72. The second kappa shape index (κ2) is 4.07. The summed E-state index contributed by atoms with van der Waals surface area (Å²) >= 11 is 0. The molecule has 1 aromatic carbocycles. The molecule has 94 valence electrons. The molecule has 0 amide bonds. The molecule has 1 N–H and O–H groups in total. The van der Waals surface area contributed by atoms with Crippen molar-refractivity contribution in [1.29, 1.82) is 5.26 Å². The topological polar surface area (TPSA) is 35.8 Å². The Bertz CT molecular complexity index is 501. The average Bonchev–Trinajstić information content (AvgIpc) is 2.23. The summed E-state index contributed by atoms with van der Waals surface area (Å²) in [4.78, 5) is 0. The van der Waals surface area contributed by atoms with Crippen LogP contribution in [0.25, 0.3) is 0 Å². The van der Waals surface area contributed by atoms with Gasteiger partial charge in [0.15, 0.2) is 0 Å². The van der Waals surface area contributed by atoms with Crippen molar-refractivity contribution in [3.63, 3.8) is 0 Å². The van der Waals surface area contributed by atoms with Crippen molar-refractivity contribution >= 4 is 0 Å². The zero-order chi connectivity index (χ0) is 12.8. The molecule has 18 heavy (non-hydrogen) atoms. The van der Waals surface area contributed by atoms with Gasteiger partial charge < -0.3 is 5.32 Å². The summed E-state index contributed by atoms with van der Waals surface area (Å²) in [5.41, 5.74) is 1.53. The van der Waals surface area contributed by atoms with Crippen molar-refractivity contribution in [3.8, 4) is 6.07 Å². The van der Waals surface area contributed by atoms with Gasteiger partial charge in [-0.05, 0) is 49.7 Å². The standard InChI is InChI=1S/C15H17FN2/c1-10(15-5-12(6-15)7-15)18-9-13-3-2-11(8-17)4-14(13)16/h2-4,10,12,18H,5-7,9H2,1H3. The number of nitrogens with one attached hydrogen (secondary N) is 1. The monoisotopic (exact) mass is 244 g/mol. The van der Waals surface area contributed by atoms with E-state index in [4.69, 9.17) is 5.26 Å². The third-order valence-corrected chi connectivity index (χ3v) is 4.79. The summed E-state index contributed by atoms with van der Waals surface area (Å²) < 4.78 is 13.7. The Balaban J connectivity index is 1.61. The number of nitrogens with zero attached hydrogens (tertiary/aromatic N) is 1. The van der Waals surface area contributed by atoms with Crippen molar-refractivity contribution < 1.29 is 4.39 Å². The van der Waals surface area contributed by atoms with Gasteiger partial charge in [0.2, 0.25) is 0 Å². The van der Waals surface area contributed by atoms with Crippen molar-refractivity contribution in [3.05, 3.63) is 35.1 Å². The van der Waals surface area contributed by atoms with E-state index in [0.717, 1.165) is 5.92 Å². The van der Waals surface area contributed by atoms with Gasteiger partial charge in [0.05, 0.1) is 11.6 Å². The Morgan fingerprint density at radius 3 is 2.72 bits per heavy atom. The van der Waals surface area contributed by atoms with E-state index >= 15 is 0 Å². The molecule has 0 aromatic heterocycles. The Hall–Kier alpha value is -1.40. The summed E-state index contributed by atoms with van der Waals surface area (Å²) in [7, 11) is 0. The highest BCUT2D eigenvalue weighted by atomic mass is 19.1. The lowest BCUT2D eigenvalue weighted by atomic mass is 9.42. The molecule has 3 aliphatic carbocycles. The number of hydrogen-bond acceptors (Lipinski definition) is 2. The number of rotatable bonds is 4. The predicted octanol–water partition coefficient (Wildman–Crippen LogP) is 2.98. The number of benzene rings is 1. The van der Waals surface area contributed by atoms with Crippen LogP contribution in [0.2, 0.25) is 0 Å². The minimum Gasteiger partial charge on any atom is -0.310 e. The molecular formula is C15H17FN2. The number of halogens is 1. The molecule has 0 radical (unpaired) electrons. The summed E-state index contributed by atoms with van der Waals surface area (Å²) in [6, 6.07) is 7.09. The van der Waals surface area contributed by atoms with Crippen LogP contribution in [0.4, 0.5) is 4.39 Å².